The molecule has 0 fully saturated rings. The summed E-state index contributed by atoms with van der Waals surface area (Å²) in [6, 6.07) is 7.69. The number of carbonyl (C=O) groups excluding carboxylic acids is 1. The quantitative estimate of drug-likeness (QED) is 0.751. The van der Waals surface area contributed by atoms with Crippen LogP contribution in [0.3, 0.4) is 0 Å². The number of hydrogen-bond donors (Lipinski definition) is 1. The van der Waals surface area contributed by atoms with Crippen molar-refractivity contribution in [3.05, 3.63) is 68.5 Å². The number of anilines is 1. The lowest BCUT2D eigenvalue weighted by Gasteiger charge is -2.18. The summed E-state index contributed by atoms with van der Waals surface area (Å²) >= 11 is 0. The van der Waals surface area contributed by atoms with Crippen molar-refractivity contribution in [3.63, 3.8) is 0 Å². The van der Waals surface area contributed by atoms with Gasteiger partial charge in [-0.2, -0.15) is 0 Å². The zero-order chi connectivity index (χ0) is 20.0. The van der Waals surface area contributed by atoms with Crippen molar-refractivity contribution in [1.29, 1.82) is 0 Å². The van der Waals surface area contributed by atoms with E-state index in [1.165, 1.54) is 30.0 Å². The summed E-state index contributed by atoms with van der Waals surface area (Å²) in [5.74, 6) is -0.342. The molecule has 1 N–H and O–H groups in total. The van der Waals surface area contributed by atoms with Crippen molar-refractivity contribution in [2.75, 3.05) is 18.4 Å². The van der Waals surface area contributed by atoms with Crippen molar-refractivity contribution in [1.82, 2.24) is 14.0 Å². The number of hydrogen-bond acceptors (Lipinski definition) is 4. The van der Waals surface area contributed by atoms with Gasteiger partial charge in [-0.05, 0) is 36.9 Å². The highest BCUT2D eigenvalue weighted by atomic mass is 16.2. The average Bonchev–Trinajstić information content (AvgIpc) is 2.66. The fraction of sp³-hybridized carbons (Fsp3) is 0.350. The average molecular weight is 370 g/mol. The molecule has 0 saturated heterocycles. The number of amides is 1. The number of aryl methyl sites for hydroxylation is 1. The van der Waals surface area contributed by atoms with Gasteiger partial charge in [-0.3, -0.25) is 19.1 Å². The van der Waals surface area contributed by atoms with Crippen molar-refractivity contribution in [2.24, 2.45) is 14.1 Å². The van der Waals surface area contributed by atoms with E-state index in [9.17, 15) is 14.4 Å². The molecule has 7 nitrogen and oxygen atoms in total. The molecule has 27 heavy (non-hydrogen) atoms. The molecule has 0 unspecified atom stereocenters. The van der Waals surface area contributed by atoms with Crippen LogP contribution in [-0.4, -0.2) is 33.0 Å². The van der Waals surface area contributed by atoms with E-state index >= 15 is 0 Å². The lowest BCUT2D eigenvalue weighted by Crippen LogP contribution is -2.37. The molecule has 2 rings (SSSR count). The molecule has 1 aromatic heterocycles. The maximum absolute atomic E-state index is 12.2. The molecular weight excluding hydrogens is 344 g/mol. The van der Waals surface area contributed by atoms with Crippen molar-refractivity contribution in [3.8, 4) is 0 Å². The van der Waals surface area contributed by atoms with Crippen LogP contribution in [0.15, 0.2) is 46.1 Å². The van der Waals surface area contributed by atoms with Gasteiger partial charge in [0.25, 0.3) is 5.56 Å². The second kappa shape index (κ2) is 9.14. The predicted octanol–water partition coefficient (Wildman–Crippen LogP) is 1.58. The fourth-order valence-electron chi connectivity index (χ4n) is 2.75. The minimum atomic E-state index is -0.441. The Bertz CT molecular complexity index is 952. The second-order valence-electron chi connectivity index (χ2n) is 6.33. The van der Waals surface area contributed by atoms with Crippen LogP contribution in [0.1, 0.15) is 25.0 Å². The molecule has 0 aliphatic carbocycles. The topological polar surface area (TPSA) is 76.3 Å². The minimum Gasteiger partial charge on any atom is -0.323 e. The summed E-state index contributed by atoms with van der Waals surface area (Å²) in [5.41, 5.74) is 1.23. The Morgan fingerprint density at radius 1 is 1.19 bits per heavy atom. The molecule has 1 amide bonds. The summed E-state index contributed by atoms with van der Waals surface area (Å²) in [6.45, 7) is 6.97. The van der Waals surface area contributed by atoms with E-state index in [1.807, 2.05) is 24.3 Å². The Labute approximate surface area is 158 Å². The van der Waals surface area contributed by atoms with Crippen LogP contribution in [0.2, 0.25) is 0 Å². The molecule has 0 bridgehead atoms. The molecule has 2 aromatic rings. The number of aromatic nitrogens is 2. The van der Waals surface area contributed by atoms with Crippen LogP contribution in [0.5, 0.6) is 0 Å². The maximum Gasteiger partial charge on any atom is 0.330 e. The lowest BCUT2D eigenvalue weighted by atomic mass is 10.2. The third-order valence-electron chi connectivity index (χ3n) is 4.38. The van der Waals surface area contributed by atoms with Gasteiger partial charge in [0.15, 0.2) is 0 Å². The third-order valence-corrected chi connectivity index (χ3v) is 4.38. The standard InChI is InChI=1S/C20H26N4O3/c1-5-24(6-2)13-15-8-7-9-17(12-15)21-18(25)11-10-16-14-22(3)20(27)23(4)19(16)26/h7-12,14H,5-6,13H2,1-4H3,(H,21,25)/b11-10+. The monoisotopic (exact) mass is 370 g/mol. The van der Waals surface area contributed by atoms with Gasteiger partial charge < -0.3 is 9.88 Å². The zero-order valence-corrected chi connectivity index (χ0v) is 16.2. The van der Waals surface area contributed by atoms with Crippen LogP contribution >= 0.6 is 0 Å². The van der Waals surface area contributed by atoms with Crippen LogP contribution in [0, 0.1) is 0 Å². The fourth-order valence-corrected chi connectivity index (χ4v) is 2.75. The maximum atomic E-state index is 12.2. The Balaban J connectivity index is 2.11. The molecular formula is C20H26N4O3. The number of nitrogens with zero attached hydrogens (tertiary/aromatic N) is 3. The number of benzene rings is 1. The first-order chi connectivity index (χ1) is 12.8. The van der Waals surface area contributed by atoms with Gasteiger partial charge >= 0.3 is 5.69 Å². The summed E-state index contributed by atoms with van der Waals surface area (Å²) in [4.78, 5) is 38.3. The van der Waals surface area contributed by atoms with Gasteiger partial charge in [0.05, 0.1) is 5.56 Å². The molecule has 0 radical (unpaired) electrons. The zero-order valence-electron chi connectivity index (χ0n) is 16.2. The first-order valence-electron chi connectivity index (χ1n) is 8.92. The molecule has 1 heterocycles. The third kappa shape index (κ3) is 5.27. The van der Waals surface area contributed by atoms with E-state index in [4.69, 9.17) is 0 Å². The van der Waals surface area contributed by atoms with Crippen LogP contribution in [-0.2, 0) is 25.4 Å². The molecule has 144 valence electrons. The van der Waals surface area contributed by atoms with E-state index in [1.54, 1.807) is 7.05 Å². The van der Waals surface area contributed by atoms with Crippen LogP contribution in [0.4, 0.5) is 5.69 Å². The minimum absolute atomic E-state index is 0.269. The molecule has 7 heteroatoms. The smallest absolute Gasteiger partial charge is 0.323 e. The highest BCUT2D eigenvalue weighted by molar-refractivity contribution is 6.01. The molecule has 0 spiro atoms. The van der Waals surface area contributed by atoms with E-state index in [2.05, 4.69) is 24.1 Å². The largest absolute Gasteiger partial charge is 0.330 e. The first-order valence-corrected chi connectivity index (χ1v) is 8.92. The molecule has 0 atom stereocenters. The Kier molecular flexibility index (Phi) is 6.90. The van der Waals surface area contributed by atoms with Gasteiger partial charge in [-0.15, -0.1) is 0 Å². The Morgan fingerprint density at radius 3 is 2.56 bits per heavy atom. The molecule has 0 aliphatic heterocycles. The summed E-state index contributed by atoms with van der Waals surface area (Å²) < 4.78 is 2.31. The highest BCUT2D eigenvalue weighted by Gasteiger charge is 2.06. The number of carbonyl (C=O) groups is 1. The first kappa shape index (κ1) is 20.4. The van der Waals surface area contributed by atoms with E-state index in [0.717, 1.165) is 29.8 Å². The van der Waals surface area contributed by atoms with Gasteiger partial charge in [-0.25, -0.2) is 4.79 Å². The van der Waals surface area contributed by atoms with E-state index in [0.29, 0.717) is 5.69 Å². The van der Waals surface area contributed by atoms with Crippen LogP contribution < -0.4 is 16.6 Å². The summed E-state index contributed by atoms with van der Waals surface area (Å²) in [7, 11) is 2.96. The van der Waals surface area contributed by atoms with Gasteiger partial charge in [0.2, 0.25) is 5.91 Å². The van der Waals surface area contributed by atoms with Gasteiger partial charge in [0, 0.05) is 38.6 Å². The second-order valence-corrected chi connectivity index (χ2v) is 6.33. The molecule has 1 aromatic carbocycles. The number of rotatable bonds is 7. The molecule has 0 saturated carbocycles. The van der Waals surface area contributed by atoms with Crippen LogP contribution in [0.25, 0.3) is 6.08 Å². The van der Waals surface area contributed by atoms with Gasteiger partial charge in [0.1, 0.15) is 0 Å². The lowest BCUT2D eigenvalue weighted by molar-refractivity contribution is -0.111. The number of nitrogens with one attached hydrogen (secondary N) is 1. The highest BCUT2D eigenvalue weighted by Crippen LogP contribution is 2.13. The van der Waals surface area contributed by atoms with E-state index < -0.39 is 11.2 Å². The molecule has 0 aliphatic rings. The normalized spacial score (nSPS) is 11.3. The van der Waals surface area contributed by atoms with Crippen molar-refractivity contribution < 1.29 is 4.79 Å². The SMILES string of the molecule is CCN(CC)Cc1cccc(NC(=O)/C=C/c2cn(C)c(=O)n(C)c2=O)c1. The summed E-state index contributed by atoms with van der Waals surface area (Å²) in [5, 5.41) is 2.80. The van der Waals surface area contributed by atoms with Gasteiger partial charge in [-0.1, -0.05) is 26.0 Å². The predicted molar refractivity (Wildman–Crippen MR) is 108 cm³/mol. The Morgan fingerprint density at radius 2 is 1.89 bits per heavy atom. The van der Waals surface area contributed by atoms with Crippen molar-refractivity contribution >= 4 is 17.7 Å². The van der Waals surface area contributed by atoms with Crippen molar-refractivity contribution in [2.45, 2.75) is 20.4 Å². The summed E-state index contributed by atoms with van der Waals surface area (Å²) in [6.07, 6.45) is 4.12. The van der Waals surface area contributed by atoms with E-state index in [-0.39, 0.29) is 11.5 Å². The Hall–Kier alpha value is -2.93.